The fourth-order valence-corrected chi connectivity index (χ4v) is 3.24. The van der Waals surface area contributed by atoms with Crippen molar-refractivity contribution < 1.29 is 22.0 Å². The standard InChI is InChI=1S/C21H14BrF5/c1-2-12-3-5-13(6-4-12)14-7-8-16(17(23)9-14)15-10-18(24)20(19(25)11-15)21(22,26)27/h3-11H,2H2,1H3. The van der Waals surface area contributed by atoms with Crippen molar-refractivity contribution in [3.05, 3.63) is 83.2 Å². The first-order valence-corrected chi connectivity index (χ1v) is 8.95. The van der Waals surface area contributed by atoms with Crippen molar-refractivity contribution in [2.45, 2.75) is 18.2 Å². The Morgan fingerprint density at radius 3 is 1.74 bits per heavy atom. The van der Waals surface area contributed by atoms with E-state index in [1.54, 1.807) is 6.07 Å². The first-order valence-electron chi connectivity index (χ1n) is 8.16. The molecule has 0 amide bonds. The highest BCUT2D eigenvalue weighted by Gasteiger charge is 2.35. The van der Waals surface area contributed by atoms with Gasteiger partial charge in [-0.3, -0.25) is 0 Å². The highest BCUT2D eigenvalue weighted by molar-refractivity contribution is 9.09. The first-order chi connectivity index (χ1) is 12.7. The van der Waals surface area contributed by atoms with Gasteiger partial charge in [-0.15, -0.1) is 0 Å². The van der Waals surface area contributed by atoms with Crippen LogP contribution in [0.15, 0.2) is 54.6 Å². The van der Waals surface area contributed by atoms with Crippen LogP contribution in [0.4, 0.5) is 22.0 Å². The molecule has 0 unspecified atom stereocenters. The van der Waals surface area contributed by atoms with Crippen LogP contribution in [0.3, 0.4) is 0 Å². The van der Waals surface area contributed by atoms with Gasteiger partial charge in [0.2, 0.25) is 0 Å². The zero-order chi connectivity index (χ0) is 19.8. The van der Waals surface area contributed by atoms with Gasteiger partial charge < -0.3 is 0 Å². The summed E-state index contributed by atoms with van der Waals surface area (Å²) in [4.78, 5) is -3.85. The number of aryl methyl sites for hydroxylation is 1. The lowest BCUT2D eigenvalue weighted by atomic mass is 9.97. The highest BCUT2D eigenvalue weighted by atomic mass is 79.9. The number of benzene rings is 3. The molecule has 3 aromatic rings. The van der Waals surface area contributed by atoms with E-state index >= 15 is 0 Å². The summed E-state index contributed by atoms with van der Waals surface area (Å²) in [7, 11) is 0. The van der Waals surface area contributed by atoms with Gasteiger partial charge in [0.15, 0.2) is 0 Å². The molecule has 0 heterocycles. The Bertz CT molecular complexity index is 952. The molecule has 0 radical (unpaired) electrons. The Labute approximate surface area is 161 Å². The van der Waals surface area contributed by atoms with Crippen molar-refractivity contribution in [3.8, 4) is 22.3 Å². The lowest BCUT2D eigenvalue weighted by Gasteiger charge is -2.13. The predicted octanol–water partition coefficient (Wildman–Crippen LogP) is 7.44. The van der Waals surface area contributed by atoms with Crippen molar-refractivity contribution in [1.29, 1.82) is 0 Å². The van der Waals surface area contributed by atoms with Crippen molar-refractivity contribution in [3.63, 3.8) is 0 Å². The number of hydrogen-bond donors (Lipinski definition) is 0. The molecule has 27 heavy (non-hydrogen) atoms. The second-order valence-electron chi connectivity index (χ2n) is 6.06. The summed E-state index contributed by atoms with van der Waals surface area (Å²) < 4.78 is 69.0. The average Bonchev–Trinajstić information content (AvgIpc) is 2.59. The van der Waals surface area contributed by atoms with Crippen molar-refractivity contribution in [2.24, 2.45) is 0 Å². The minimum atomic E-state index is -3.85. The van der Waals surface area contributed by atoms with E-state index in [0.29, 0.717) is 17.7 Å². The van der Waals surface area contributed by atoms with Crippen molar-refractivity contribution in [1.82, 2.24) is 0 Å². The second-order valence-corrected chi connectivity index (χ2v) is 7.05. The molecule has 3 aromatic carbocycles. The van der Waals surface area contributed by atoms with E-state index in [1.807, 2.05) is 47.1 Å². The number of halogens is 6. The fourth-order valence-electron chi connectivity index (χ4n) is 2.86. The molecule has 0 spiro atoms. The molecular weight excluding hydrogens is 427 g/mol. The molecule has 0 aliphatic heterocycles. The molecule has 0 bridgehead atoms. The lowest BCUT2D eigenvalue weighted by Crippen LogP contribution is -2.09. The molecule has 3 rings (SSSR count). The predicted molar refractivity (Wildman–Crippen MR) is 99.4 cm³/mol. The van der Waals surface area contributed by atoms with Crippen molar-refractivity contribution in [2.75, 3.05) is 0 Å². The van der Waals surface area contributed by atoms with Crippen LogP contribution in [-0.2, 0) is 11.3 Å². The third kappa shape index (κ3) is 4.05. The third-order valence-corrected chi connectivity index (χ3v) is 4.70. The molecule has 0 fully saturated rings. The Morgan fingerprint density at radius 1 is 0.741 bits per heavy atom. The first kappa shape index (κ1) is 19.5. The third-order valence-electron chi connectivity index (χ3n) is 4.30. The maximum atomic E-state index is 14.6. The second kappa shape index (κ2) is 7.43. The summed E-state index contributed by atoms with van der Waals surface area (Å²) in [6.07, 6.45) is 0.883. The van der Waals surface area contributed by atoms with Gasteiger partial charge in [-0.25, -0.2) is 13.2 Å². The monoisotopic (exact) mass is 440 g/mol. The SMILES string of the molecule is CCc1ccc(-c2ccc(-c3cc(F)c(C(F)(F)Br)c(F)c3)c(F)c2)cc1. The maximum absolute atomic E-state index is 14.6. The molecule has 0 aromatic heterocycles. The van der Waals surface area contributed by atoms with Gasteiger partial charge in [0.05, 0.1) is 0 Å². The number of rotatable bonds is 4. The number of alkyl halides is 3. The van der Waals surface area contributed by atoms with E-state index < -0.39 is 27.8 Å². The van der Waals surface area contributed by atoms with Crippen LogP contribution in [0.2, 0.25) is 0 Å². The van der Waals surface area contributed by atoms with Crippen LogP contribution in [0.25, 0.3) is 22.3 Å². The van der Waals surface area contributed by atoms with Crippen LogP contribution in [-0.4, -0.2) is 0 Å². The highest BCUT2D eigenvalue weighted by Crippen LogP contribution is 2.40. The molecular formula is C21H14BrF5. The van der Waals surface area contributed by atoms with Crippen LogP contribution < -0.4 is 0 Å². The number of hydrogen-bond acceptors (Lipinski definition) is 0. The van der Waals surface area contributed by atoms with Crippen LogP contribution in [0.5, 0.6) is 0 Å². The molecule has 0 saturated carbocycles. The Kier molecular flexibility index (Phi) is 5.38. The van der Waals surface area contributed by atoms with Gasteiger partial charge in [0.1, 0.15) is 23.0 Å². The molecule has 0 saturated heterocycles. The largest absolute Gasteiger partial charge is 0.332 e. The molecule has 0 N–H and O–H groups in total. The zero-order valence-corrected chi connectivity index (χ0v) is 15.8. The molecule has 0 aliphatic carbocycles. The summed E-state index contributed by atoms with van der Waals surface area (Å²) in [5.74, 6) is -3.61. The lowest BCUT2D eigenvalue weighted by molar-refractivity contribution is 0.105. The van der Waals surface area contributed by atoms with Gasteiger partial charge >= 0.3 is 4.83 Å². The van der Waals surface area contributed by atoms with Crippen LogP contribution in [0, 0.1) is 17.5 Å². The zero-order valence-electron chi connectivity index (χ0n) is 14.2. The van der Waals surface area contributed by atoms with E-state index in [1.165, 1.54) is 12.1 Å². The summed E-state index contributed by atoms with van der Waals surface area (Å²) >= 11 is 1.94. The average molecular weight is 441 g/mol. The Hall–Kier alpha value is -2.21. The Balaban J connectivity index is 2.01. The summed E-state index contributed by atoms with van der Waals surface area (Å²) in [5.41, 5.74) is 0.902. The van der Waals surface area contributed by atoms with Gasteiger partial charge in [0, 0.05) is 5.56 Å². The van der Waals surface area contributed by atoms with E-state index in [9.17, 15) is 22.0 Å². The van der Waals surface area contributed by atoms with Gasteiger partial charge in [-0.2, -0.15) is 8.78 Å². The van der Waals surface area contributed by atoms with E-state index in [4.69, 9.17) is 0 Å². The van der Waals surface area contributed by atoms with Gasteiger partial charge in [0.25, 0.3) is 0 Å². The van der Waals surface area contributed by atoms with E-state index in [-0.39, 0.29) is 11.1 Å². The molecule has 0 aliphatic rings. The smallest absolute Gasteiger partial charge is 0.206 e. The maximum Gasteiger partial charge on any atom is 0.332 e. The van der Waals surface area contributed by atoms with E-state index in [0.717, 1.165) is 17.5 Å². The quantitative estimate of drug-likeness (QED) is 0.292. The summed E-state index contributed by atoms with van der Waals surface area (Å²) in [6, 6.07) is 13.2. The molecule has 140 valence electrons. The van der Waals surface area contributed by atoms with E-state index in [2.05, 4.69) is 0 Å². The van der Waals surface area contributed by atoms with Crippen LogP contribution in [0.1, 0.15) is 18.1 Å². The van der Waals surface area contributed by atoms with Crippen molar-refractivity contribution >= 4 is 15.9 Å². The topological polar surface area (TPSA) is 0 Å². The Morgan fingerprint density at radius 2 is 1.26 bits per heavy atom. The molecule has 0 atom stereocenters. The minimum absolute atomic E-state index is 0.0776. The summed E-state index contributed by atoms with van der Waals surface area (Å²) in [6.45, 7) is 2.03. The van der Waals surface area contributed by atoms with Gasteiger partial charge in [-0.05, 0) is 62.8 Å². The summed E-state index contributed by atoms with van der Waals surface area (Å²) in [5, 5.41) is 0. The minimum Gasteiger partial charge on any atom is -0.206 e. The van der Waals surface area contributed by atoms with Gasteiger partial charge in [-0.1, -0.05) is 43.3 Å². The van der Waals surface area contributed by atoms with Crippen LogP contribution >= 0.6 is 15.9 Å². The fraction of sp³-hybridized carbons (Fsp3) is 0.143. The normalized spacial score (nSPS) is 11.7. The molecule has 6 heteroatoms. The molecule has 0 nitrogen and oxygen atoms in total.